The van der Waals surface area contributed by atoms with E-state index in [0.717, 1.165) is 27.3 Å². The number of halogens is 1. The Morgan fingerprint density at radius 1 is 1.08 bits per heavy atom. The van der Waals surface area contributed by atoms with Gasteiger partial charge in [0.15, 0.2) is 10.6 Å². The molecule has 1 aromatic heterocycles. The third-order valence-electron chi connectivity index (χ3n) is 4.00. The molecule has 136 valence electrons. The van der Waals surface area contributed by atoms with Gasteiger partial charge in [-0.25, -0.2) is 4.99 Å². The number of rotatable bonds is 5. The molecule has 2 aromatic carbocycles. The van der Waals surface area contributed by atoms with E-state index in [2.05, 4.69) is 17.1 Å². The van der Waals surface area contributed by atoms with Crippen LogP contribution < -0.4 is 4.80 Å². The zero-order chi connectivity index (χ0) is 17.8. The summed E-state index contributed by atoms with van der Waals surface area (Å²) < 4.78 is 1.90. The van der Waals surface area contributed by atoms with Crippen molar-refractivity contribution < 1.29 is 9.90 Å². The van der Waals surface area contributed by atoms with Crippen molar-refractivity contribution in [2.45, 2.75) is 20.4 Å². The van der Waals surface area contributed by atoms with E-state index in [1.54, 1.807) is 6.92 Å². The van der Waals surface area contributed by atoms with Crippen molar-refractivity contribution >= 4 is 35.2 Å². The Bertz CT molecular complexity index is 944. The average molecular weight is 389 g/mol. The summed E-state index contributed by atoms with van der Waals surface area (Å²) in [5.41, 5.74) is 3.97. The van der Waals surface area contributed by atoms with Gasteiger partial charge in [0.1, 0.15) is 0 Å². The van der Waals surface area contributed by atoms with Gasteiger partial charge in [-0.05, 0) is 30.2 Å². The molecule has 0 saturated carbocycles. The van der Waals surface area contributed by atoms with Gasteiger partial charge in [0.2, 0.25) is 0 Å². The van der Waals surface area contributed by atoms with Crippen molar-refractivity contribution in [2.24, 2.45) is 4.99 Å². The number of carbonyl (C=O) groups is 1. The second-order valence-electron chi connectivity index (χ2n) is 5.76. The predicted octanol–water partition coefficient (Wildman–Crippen LogP) is 4.37. The molecule has 0 unspecified atom stereocenters. The van der Waals surface area contributed by atoms with Crippen LogP contribution in [0.2, 0.25) is 0 Å². The van der Waals surface area contributed by atoms with Crippen LogP contribution in [0, 0.1) is 6.92 Å². The quantitative estimate of drug-likeness (QED) is 0.659. The van der Waals surface area contributed by atoms with Crippen molar-refractivity contribution in [1.29, 1.82) is 0 Å². The van der Waals surface area contributed by atoms with Gasteiger partial charge in [0, 0.05) is 19.2 Å². The second kappa shape index (κ2) is 8.94. The smallest absolute Gasteiger partial charge is 0.190 e. The fraction of sp³-hybridized carbons (Fsp3) is 0.200. The molecular weight excluding hydrogens is 368 g/mol. The van der Waals surface area contributed by atoms with E-state index < -0.39 is 0 Å². The minimum absolute atomic E-state index is 0. The fourth-order valence-corrected chi connectivity index (χ4v) is 3.80. The van der Waals surface area contributed by atoms with Crippen LogP contribution in [0.15, 0.2) is 59.6 Å². The fourth-order valence-electron chi connectivity index (χ4n) is 2.73. The molecule has 0 spiro atoms. The summed E-state index contributed by atoms with van der Waals surface area (Å²) >= 11 is 1.37. The highest BCUT2D eigenvalue weighted by Gasteiger charge is 2.13. The molecule has 0 bridgehead atoms. The largest absolute Gasteiger partial charge is 0.395 e. The predicted molar refractivity (Wildman–Crippen MR) is 108 cm³/mol. The third kappa shape index (κ3) is 4.30. The zero-order valence-corrected chi connectivity index (χ0v) is 16.3. The number of Topliss-reactive ketones (excluding diaryl/α,β-unsaturated/α-hetero) is 1. The number of benzene rings is 2. The topological polar surface area (TPSA) is 54.6 Å². The first-order chi connectivity index (χ1) is 12.1. The molecule has 26 heavy (non-hydrogen) atoms. The minimum Gasteiger partial charge on any atom is -0.395 e. The molecular formula is C20H21ClN2O2S. The standard InChI is InChI=1S/C20H20N2O2S.ClH/c1-14-19(15(2)24)25-20(22(14)12-13-23)21-18-10-8-17(9-11-18)16-6-4-3-5-7-16;/h3-11,23H,12-13H2,1-2H3;1H/b21-20+;. The summed E-state index contributed by atoms with van der Waals surface area (Å²) in [4.78, 5) is 17.9. The summed E-state index contributed by atoms with van der Waals surface area (Å²) in [6.07, 6.45) is 0. The molecule has 1 heterocycles. The Morgan fingerprint density at radius 2 is 1.69 bits per heavy atom. The van der Waals surface area contributed by atoms with Gasteiger partial charge in [-0.1, -0.05) is 53.8 Å². The van der Waals surface area contributed by atoms with E-state index in [1.165, 1.54) is 11.3 Å². The molecule has 0 atom stereocenters. The second-order valence-corrected chi connectivity index (χ2v) is 6.73. The van der Waals surface area contributed by atoms with Crippen LogP contribution in [0.5, 0.6) is 0 Å². The number of nitrogens with zero attached hydrogens (tertiary/aromatic N) is 2. The van der Waals surface area contributed by atoms with E-state index in [0.29, 0.717) is 11.4 Å². The maximum absolute atomic E-state index is 11.8. The summed E-state index contributed by atoms with van der Waals surface area (Å²) in [6.45, 7) is 3.88. The molecule has 0 fully saturated rings. The first kappa shape index (κ1) is 20.1. The molecule has 0 saturated heterocycles. The lowest BCUT2D eigenvalue weighted by Gasteiger charge is -2.04. The van der Waals surface area contributed by atoms with Crippen molar-refractivity contribution in [2.75, 3.05) is 6.61 Å². The van der Waals surface area contributed by atoms with E-state index in [9.17, 15) is 9.90 Å². The molecule has 0 aliphatic carbocycles. The molecule has 4 nitrogen and oxygen atoms in total. The maximum atomic E-state index is 11.8. The van der Waals surface area contributed by atoms with E-state index in [-0.39, 0.29) is 24.8 Å². The molecule has 3 rings (SSSR count). The molecule has 3 aromatic rings. The van der Waals surface area contributed by atoms with Gasteiger partial charge in [-0.15, -0.1) is 12.4 Å². The summed E-state index contributed by atoms with van der Waals surface area (Å²) in [7, 11) is 0. The zero-order valence-electron chi connectivity index (χ0n) is 14.7. The van der Waals surface area contributed by atoms with Crippen molar-refractivity contribution in [1.82, 2.24) is 4.57 Å². The summed E-state index contributed by atoms with van der Waals surface area (Å²) in [5.74, 6) is 0.0232. The van der Waals surface area contributed by atoms with Crippen LogP contribution in [-0.2, 0) is 6.54 Å². The van der Waals surface area contributed by atoms with Gasteiger partial charge in [-0.2, -0.15) is 0 Å². The molecule has 0 aliphatic heterocycles. The van der Waals surface area contributed by atoms with Gasteiger partial charge in [0.25, 0.3) is 0 Å². The van der Waals surface area contributed by atoms with Crippen LogP contribution in [0.3, 0.4) is 0 Å². The van der Waals surface area contributed by atoms with Crippen molar-refractivity contribution in [3.8, 4) is 11.1 Å². The molecule has 6 heteroatoms. The van der Waals surface area contributed by atoms with Gasteiger partial charge in [-0.3, -0.25) is 4.79 Å². The Morgan fingerprint density at radius 3 is 2.27 bits per heavy atom. The molecule has 0 radical (unpaired) electrons. The number of thiazole rings is 1. The van der Waals surface area contributed by atoms with Gasteiger partial charge >= 0.3 is 0 Å². The lowest BCUT2D eigenvalue weighted by Crippen LogP contribution is -2.18. The average Bonchev–Trinajstić information content (AvgIpc) is 2.93. The number of aromatic nitrogens is 1. The van der Waals surface area contributed by atoms with Crippen molar-refractivity contribution in [3.05, 3.63) is 70.0 Å². The van der Waals surface area contributed by atoms with E-state index >= 15 is 0 Å². The first-order valence-corrected chi connectivity index (χ1v) is 8.94. The summed E-state index contributed by atoms with van der Waals surface area (Å²) in [6, 6.07) is 18.2. The monoisotopic (exact) mass is 388 g/mol. The third-order valence-corrected chi connectivity index (χ3v) is 5.28. The van der Waals surface area contributed by atoms with Crippen LogP contribution in [0.4, 0.5) is 5.69 Å². The van der Waals surface area contributed by atoms with Crippen molar-refractivity contribution in [3.63, 3.8) is 0 Å². The number of aliphatic hydroxyl groups is 1. The highest BCUT2D eigenvalue weighted by atomic mass is 35.5. The molecule has 0 amide bonds. The number of hydrogen-bond donors (Lipinski definition) is 1. The highest BCUT2D eigenvalue weighted by Crippen LogP contribution is 2.22. The van der Waals surface area contributed by atoms with Crippen LogP contribution in [0.25, 0.3) is 11.1 Å². The van der Waals surface area contributed by atoms with E-state index in [4.69, 9.17) is 0 Å². The van der Waals surface area contributed by atoms with Crippen LogP contribution in [0.1, 0.15) is 22.3 Å². The van der Waals surface area contributed by atoms with Gasteiger partial charge in [0.05, 0.1) is 17.2 Å². The number of ketones is 1. The molecule has 1 N–H and O–H groups in total. The lowest BCUT2D eigenvalue weighted by molar-refractivity contribution is 0.102. The number of carbonyl (C=O) groups excluding carboxylic acids is 1. The Hall–Kier alpha value is -2.21. The van der Waals surface area contributed by atoms with E-state index in [1.807, 2.05) is 54.0 Å². The van der Waals surface area contributed by atoms with Gasteiger partial charge < -0.3 is 9.67 Å². The SMILES string of the molecule is CC(=O)c1s/c(=N/c2ccc(-c3ccccc3)cc2)n(CCO)c1C.Cl. The lowest BCUT2D eigenvalue weighted by atomic mass is 10.1. The summed E-state index contributed by atoms with van der Waals surface area (Å²) in [5, 5.41) is 9.30. The minimum atomic E-state index is 0. The maximum Gasteiger partial charge on any atom is 0.190 e. The normalized spacial score (nSPS) is 11.3. The van der Waals surface area contributed by atoms with Crippen LogP contribution in [-0.4, -0.2) is 22.1 Å². The number of aliphatic hydroxyl groups excluding tert-OH is 1. The Labute approximate surface area is 162 Å². The first-order valence-electron chi connectivity index (χ1n) is 8.12. The Kier molecular flexibility index (Phi) is 6.91. The Balaban J connectivity index is 0.00000243. The van der Waals surface area contributed by atoms with Crippen LogP contribution >= 0.6 is 23.7 Å². The molecule has 0 aliphatic rings. The highest BCUT2D eigenvalue weighted by molar-refractivity contribution is 7.11. The number of hydrogen-bond acceptors (Lipinski definition) is 4.